The van der Waals surface area contributed by atoms with E-state index in [-0.39, 0.29) is 17.9 Å². The van der Waals surface area contributed by atoms with Gasteiger partial charge in [0.25, 0.3) is 0 Å². The lowest BCUT2D eigenvalue weighted by atomic mass is 10.0. The molecule has 1 atom stereocenters. The topological polar surface area (TPSA) is 71.3 Å². The summed E-state index contributed by atoms with van der Waals surface area (Å²) in [6.45, 7) is 1.90. The van der Waals surface area contributed by atoms with Crippen LogP contribution in [0.4, 0.5) is 5.69 Å². The SMILES string of the molecule is O=C(C1CCN(c2cccc(Br)c2)C1=O)N1CCC(n2cncn2)CC1. The minimum absolute atomic E-state index is 0.0375. The highest BCUT2D eigenvalue weighted by molar-refractivity contribution is 9.10. The quantitative estimate of drug-likeness (QED) is 0.717. The summed E-state index contributed by atoms with van der Waals surface area (Å²) in [5.41, 5.74) is 0.838. The van der Waals surface area contributed by atoms with Crippen molar-refractivity contribution in [1.29, 1.82) is 0 Å². The maximum atomic E-state index is 12.9. The van der Waals surface area contributed by atoms with Gasteiger partial charge < -0.3 is 9.80 Å². The van der Waals surface area contributed by atoms with E-state index < -0.39 is 5.92 Å². The lowest BCUT2D eigenvalue weighted by Crippen LogP contribution is -2.44. The average Bonchev–Trinajstić information content (AvgIpc) is 3.31. The summed E-state index contributed by atoms with van der Waals surface area (Å²) >= 11 is 3.43. The van der Waals surface area contributed by atoms with Gasteiger partial charge in [0.15, 0.2) is 0 Å². The third kappa shape index (κ3) is 3.25. The molecule has 0 aliphatic carbocycles. The Bertz CT molecular complexity index is 802. The first-order valence-electron chi connectivity index (χ1n) is 8.83. The van der Waals surface area contributed by atoms with Gasteiger partial charge in [0.05, 0.1) is 6.04 Å². The third-order valence-corrected chi connectivity index (χ3v) is 5.70. The van der Waals surface area contributed by atoms with Crippen LogP contribution in [-0.4, -0.2) is 51.1 Å². The van der Waals surface area contributed by atoms with Gasteiger partial charge in [-0.05, 0) is 37.5 Å². The lowest BCUT2D eigenvalue weighted by molar-refractivity contribution is -0.140. The molecule has 1 aromatic carbocycles. The Kier molecular flexibility index (Phi) is 4.76. The van der Waals surface area contributed by atoms with Crippen molar-refractivity contribution < 1.29 is 9.59 Å². The molecule has 2 aliphatic heterocycles. The molecule has 2 aliphatic rings. The van der Waals surface area contributed by atoms with E-state index in [1.165, 1.54) is 6.33 Å². The van der Waals surface area contributed by atoms with Gasteiger partial charge in [-0.2, -0.15) is 5.10 Å². The largest absolute Gasteiger partial charge is 0.342 e. The van der Waals surface area contributed by atoms with Gasteiger partial charge in [-0.25, -0.2) is 9.67 Å². The summed E-state index contributed by atoms with van der Waals surface area (Å²) < 4.78 is 2.78. The monoisotopic (exact) mass is 417 g/mol. The van der Waals surface area contributed by atoms with Crippen molar-refractivity contribution in [3.63, 3.8) is 0 Å². The number of piperidine rings is 1. The molecule has 0 bridgehead atoms. The number of anilines is 1. The van der Waals surface area contributed by atoms with E-state index in [9.17, 15) is 9.59 Å². The molecule has 1 unspecified atom stereocenters. The molecule has 7 nitrogen and oxygen atoms in total. The molecule has 0 radical (unpaired) electrons. The molecule has 4 rings (SSSR count). The number of hydrogen-bond acceptors (Lipinski definition) is 4. The lowest BCUT2D eigenvalue weighted by Gasteiger charge is -2.33. The van der Waals surface area contributed by atoms with Crippen molar-refractivity contribution >= 4 is 33.4 Å². The summed E-state index contributed by atoms with van der Waals surface area (Å²) in [5.74, 6) is -0.687. The predicted octanol–water partition coefficient (Wildman–Crippen LogP) is 2.26. The van der Waals surface area contributed by atoms with Gasteiger partial charge in [0.1, 0.15) is 18.6 Å². The van der Waals surface area contributed by atoms with E-state index in [0.717, 1.165) is 23.0 Å². The van der Waals surface area contributed by atoms with Crippen molar-refractivity contribution in [2.75, 3.05) is 24.5 Å². The summed E-state index contributed by atoms with van der Waals surface area (Å²) in [6, 6.07) is 7.91. The molecule has 2 saturated heterocycles. The maximum absolute atomic E-state index is 12.9. The van der Waals surface area contributed by atoms with Crippen molar-refractivity contribution in [3.8, 4) is 0 Å². The van der Waals surface area contributed by atoms with Gasteiger partial charge in [-0.1, -0.05) is 22.0 Å². The molecule has 0 saturated carbocycles. The highest BCUT2D eigenvalue weighted by atomic mass is 79.9. The second kappa shape index (κ2) is 7.19. The summed E-state index contributed by atoms with van der Waals surface area (Å²) in [5, 5.41) is 4.19. The van der Waals surface area contributed by atoms with Crippen LogP contribution in [-0.2, 0) is 9.59 Å². The molecule has 136 valence electrons. The molecular weight excluding hydrogens is 398 g/mol. The summed E-state index contributed by atoms with van der Waals surface area (Å²) in [7, 11) is 0. The van der Waals surface area contributed by atoms with Crippen LogP contribution in [0.15, 0.2) is 41.4 Å². The van der Waals surface area contributed by atoms with Gasteiger partial charge >= 0.3 is 0 Å². The molecule has 1 aromatic heterocycles. The predicted molar refractivity (Wildman–Crippen MR) is 99.5 cm³/mol. The fourth-order valence-corrected chi connectivity index (χ4v) is 4.17. The van der Waals surface area contributed by atoms with Crippen LogP contribution in [0.5, 0.6) is 0 Å². The van der Waals surface area contributed by atoms with Crippen LogP contribution in [0, 0.1) is 5.92 Å². The van der Waals surface area contributed by atoms with Crippen LogP contribution < -0.4 is 4.90 Å². The number of hydrogen-bond donors (Lipinski definition) is 0. The minimum Gasteiger partial charge on any atom is -0.342 e. The molecular formula is C18H20BrN5O2. The average molecular weight is 418 g/mol. The third-order valence-electron chi connectivity index (χ3n) is 5.21. The van der Waals surface area contributed by atoms with E-state index in [2.05, 4.69) is 26.0 Å². The number of rotatable bonds is 3. The van der Waals surface area contributed by atoms with Crippen LogP contribution in [0.3, 0.4) is 0 Å². The molecule has 3 heterocycles. The zero-order valence-electron chi connectivity index (χ0n) is 14.3. The van der Waals surface area contributed by atoms with Crippen LogP contribution in [0.2, 0.25) is 0 Å². The Morgan fingerprint density at radius 3 is 2.65 bits per heavy atom. The van der Waals surface area contributed by atoms with Crippen molar-refractivity contribution in [2.45, 2.75) is 25.3 Å². The molecule has 8 heteroatoms. The Morgan fingerprint density at radius 2 is 1.96 bits per heavy atom. The molecule has 0 N–H and O–H groups in total. The Morgan fingerprint density at radius 1 is 1.15 bits per heavy atom. The Hall–Kier alpha value is -2.22. The van der Waals surface area contributed by atoms with Gasteiger partial charge in [-0.15, -0.1) is 0 Å². The molecule has 0 spiro atoms. The fourth-order valence-electron chi connectivity index (χ4n) is 3.79. The zero-order valence-corrected chi connectivity index (χ0v) is 15.9. The number of carbonyl (C=O) groups excluding carboxylic acids is 2. The molecule has 2 amide bonds. The number of nitrogens with zero attached hydrogens (tertiary/aromatic N) is 5. The number of carbonyl (C=O) groups is 2. The first kappa shape index (κ1) is 17.2. The first-order chi connectivity index (χ1) is 12.6. The highest BCUT2D eigenvalue weighted by Gasteiger charge is 2.40. The standard InChI is InChI=1S/C18H20BrN5O2/c19-13-2-1-3-15(10-13)23-9-6-16(18(23)26)17(25)22-7-4-14(5-8-22)24-12-20-11-21-24/h1-3,10-12,14,16H,4-9H2. The van der Waals surface area contributed by atoms with Gasteiger partial charge in [0, 0.05) is 29.8 Å². The smallest absolute Gasteiger partial charge is 0.239 e. The second-order valence-corrected chi connectivity index (χ2v) is 7.66. The maximum Gasteiger partial charge on any atom is 0.239 e. The minimum atomic E-state index is -0.558. The van der Waals surface area contributed by atoms with Crippen LogP contribution >= 0.6 is 15.9 Å². The zero-order chi connectivity index (χ0) is 18.1. The van der Waals surface area contributed by atoms with Crippen molar-refractivity contribution in [3.05, 3.63) is 41.4 Å². The highest BCUT2D eigenvalue weighted by Crippen LogP contribution is 2.30. The number of benzene rings is 1. The van der Waals surface area contributed by atoms with Gasteiger partial charge in [-0.3, -0.25) is 9.59 Å². The number of halogens is 1. The summed E-state index contributed by atoms with van der Waals surface area (Å²) in [6.07, 6.45) is 5.51. The number of aromatic nitrogens is 3. The van der Waals surface area contributed by atoms with E-state index in [1.807, 2.05) is 33.8 Å². The first-order valence-corrected chi connectivity index (χ1v) is 9.62. The van der Waals surface area contributed by atoms with Crippen molar-refractivity contribution in [1.82, 2.24) is 19.7 Å². The normalized spacial score (nSPS) is 21.4. The Balaban J connectivity index is 1.39. The Labute approximate surface area is 160 Å². The number of amides is 2. The van der Waals surface area contributed by atoms with E-state index in [0.29, 0.717) is 26.1 Å². The van der Waals surface area contributed by atoms with Crippen molar-refractivity contribution in [2.24, 2.45) is 5.92 Å². The second-order valence-electron chi connectivity index (χ2n) is 6.74. The van der Waals surface area contributed by atoms with Crippen LogP contribution in [0.25, 0.3) is 0 Å². The number of likely N-dealkylation sites (tertiary alicyclic amines) is 1. The molecule has 2 fully saturated rings. The van der Waals surface area contributed by atoms with E-state index >= 15 is 0 Å². The fraction of sp³-hybridized carbons (Fsp3) is 0.444. The van der Waals surface area contributed by atoms with Crippen LogP contribution in [0.1, 0.15) is 25.3 Å². The van der Waals surface area contributed by atoms with Gasteiger partial charge in [0.2, 0.25) is 11.8 Å². The van der Waals surface area contributed by atoms with E-state index in [4.69, 9.17) is 0 Å². The molecule has 2 aromatic rings. The summed E-state index contributed by atoms with van der Waals surface area (Å²) in [4.78, 5) is 33.2. The molecule has 26 heavy (non-hydrogen) atoms. The van der Waals surface area contributed by atoms with E-state index in [1.54, 1.807) is 11.2 Å².